The van der Waals surface area contributed by atoms with Gasteiger partial charge in [-0.15, -0.1) is 11.8 Å². The molecule has 0 bridgehead atoms. The maximum Gasteiger partial charge on any atom is 0.229 e. The lowest BCUT2D eigenvalue weighted by Crippen LogP contribution is -2.27. The standard InChI is InChI=1S/C12H17NOS/c1-12(2,3)11(14)13-9-6-5-7-10(8-9)15-4/h5-8H,1-4H3,(H,13,14). The molecule has 0 aliphatic carbocycles. The van der Waals surface area contributed by atoms with E-state index in [1.165, 1.54) is 0 Å². The first-order valence-electron chi connectivity index (χ1n) is 4.89. The van der Waals surface area contributed by atoms with Gasteiger partial charge in [-0.05, 0) is 24.5 Å². The number of carbonyl (C=O) groups excluding carboxylic acids is 1. The van der Waals surface area contributed by atoms with E-state index in [9.17, 15) is 4.79 Å². The molecule has 0 fully saturated rings. The minimum atomic E-state index is -0.352. The van der Waals surface area contributed by atoms with Crippen molar-refractivity contribution in [2.45, 2.75) is 25.7 Å². The highest BCUT2D eigenvalue weighted by Crippen LogP contribution is 2.21. The maximum absolute atomic E-state index is 11.7. The zero-order chi connectivity index (χ0) is 11.5. The third-order valence-corrected chi connectivity index (χ3v) is 2.73. The zero-order valence-corrected chi connectivity index (χ0v) is 10.4. The van der Waals surface area contributed by atoms with Gasteiger partial charge in [-0.3, -0.25) is 4.79 Å². The number of amides is 1. The Morgan fingerprint density at radius 2 is 2.00 bits per heavy atom. The predicted octanol–water partition coefficient (Wildman–Crippen LogP) is 3.39. The van der Waals surface area contributed by atoms with Gasteiger partial charge in [0.15, 0.2) is 0 Å². The quantitative estimate of drug-likeness (QED) is 0.779. The number of nitrogens with one attached hydrogen (secondary N) is 1. The molecule has 1 aromatic carbocycles. The third-order valence-electron chi connectivity index (χ3n) is 2.01. The van der Waals surface area contributed by atoms with Gasteiger partial charge in [-0.2, -0.15) is 0 Å². The minimum Gasteiger partial charge on any atom is -0.326 e. The van der Waals surface area contributed by atoms with Crippen LogP contribution in [0.2, 0.25) is 0 Å². The van der Waals surface area contributed by atoms with E-state index in [4.69, 9.17) is 0 Å². The van der Waals surface area contributed by atoms with Crippen LogP contribution in [0.4, 0.5) is 5.69 Å². The second-order valence-electron chi connectivity index (χ2n) is 4.44. The molecule has 1 N–H and O–H groups in total. The lowest BCUT2D eigenvalue weighted by Gasteiger charge is -2.17. The van der Waals surface area contributed by atoms with Crippen molar-refractivity contribution in [2.75, 3.05) is 11.6 Å². The number of hydrogen-bond acceptors (Lipinski definition) is 2. The number of hydrogen-bond donors (Lipinski definition) is 1. The van der Waals surface area contributed by atoms with Crippen LogP contribution in [-0.2, 0) is 4.79 Å². The fourth-order valence-corrected chi connectivity index (χ4v) is 1.48. The van der Waals surface area contributed by atoms with Crippen LogP contribution in [-0.4, -0.2) is 12.2 Å². The van der Waals surface area contributed by atoms with E-state index in [0.717, 1.165) is 10.6 Å². The Bertz CT molecular complexity index is 355. The SMILES string of the molecule is CSc1cccc(NC(=O)C(C)(C)C)c1. The van der Waals surface area contributed by atoms with Gasteiger partial charge in [-0.1, -0.05) is 26.8 Å². The molecule has 0 spiro atoms. The maximum atomic E-state index is 11.7. The topological polar surface area (TPSA) is 29.1 Å². The number of anilines is 1. The van der Waals surface area contributed by atoms with Crippen LogP contribution < -0.4 is 5.32 Å². The number of benzene rings is 1. The Morgan fingerprint density at radius 1 is 1.33 bits per heavy atom. The highest BCUT2D eigenvalue weighted by Gasteiger charge is 2.20. The van der Waals surface area contributed by atoms with Crippen LogP contribution in [0.1, 0.15) is 20.8 Å². The van der Waals surface area contributed by atoms with Gasteiger partial charge in [0.1, 0.15) is 0 Å². The van der Waals surface area contributed by atoms with Gasteiger partial charge in [0.05, 0.1) is 0 Å². The molecule has 3 heteroatoms. The molecular formula is C12H17NOS. The summed E-state index contributed by atoms with van der Waals surface area (Å²) in [7, 11) is 0. The van der Waals surface area contributed by atoms with Gasteiger partial charge < -0.3 is 5.32 Å². The molecule has 0 aromatic heterocycles. The first-order chi connectivity index (χ1) is 6.93. The smallest absolute Gasteiger partial charge is 0.229 e. The zero-order valence-electron chi connectivity index (χ0n) is 9.63. The molecular weight excluding hydrogens is 206 g/mol. The molecule has 82 valence electrons. The van der Waals surface area contributed by atoms with E-state index in [2.05, 4.69) is 5.32 Å². The van der Waals surface area contributed by atoms with Crippen molar-refractivity contribution in [1.82, 2.24) is 0 Å². The molecule has 0 unspecified atom stereocenters. The van der Waals surface area contributed by atoms with Crippen LogP contribution in [0.25, 0.3) is 0 Å². The average Bonchev–Trinajstić information content (AvgIpc) is 2.16. The number of rotatable bonds is 2. The Labute approximate surface area is 95.5 Å². The van der Waals surface area contributed by atoms with Crippen molar-refractivity contribution < 1.29 is 4.79 Å². The summed E-state index contributed by atoms with van der Waals surface area (Å²) in [5, 5.41) is 2.90. The third kappa shape index (κ3) is 3.59. The summed E-state index contributed by atoms with van der Waals surface area (Å²) >= 11 is 1.67. The van der Waals surface area contributed by atoms with E-state index in [0.29, 0.717) is 0 Å². The van der Waals surface area contributed by atoms with Crippen LogP contribution in [0.5, 0.6) is 0 Å². The van der Waals surface area contributed by atoms with Crippen molar-refractivity contribution in [3.8, 4) is 0 Å². The summed E-state index contributed by atoms with van der Waals surface area (Å²) in [6.45, 7) is 5.71. The van der Waals surface area contributed by atoms with Crippen LogP contribution in [0.15, 0.2) is 29.2 Å². The Hall–Kier alpha value is -0.960. The van der Waals surface area contributed by atoms with Crippen molar-refractivity contribution >= 4 is 23.4 Å². The summed E-state index contributed by atoms with van der Waals surface area (Å²) < 4.78 is 0. The average molecular weight is 223 g/mol. The monoisotopic (exact) mass is 223 g/mol. The summed E-state index contributed by atoms with van der Waals surface area (Å²) in [4.78, 5) is 12.9. The fraction of sp³-hybridized carbons (Fsp3) is 0.417. The lowest BCUT2D eigenvalue weighted by atomic mass is 9.95. The molecule has 1 amide bonds. The molecule has 1 aromatic rings. The van der Waals surface area contributed by atoms with Crippen LogP contribution >= 0.6 is 11.8 Å². The summed E-state index contributed by atoms with van der Waals surface area (Å²) in [6.07, 6.45) is 2.02. The molecule has 2 nitrogen and oxygen atoms in total. The Balaban J connectivity index is 2.77. The molecule has 0 aliphatic heterocycles. The van der Waals surface area contributed by atoms with Gasteiger partial charge in [0.2, 0.25) is 5.91 Å². The molecule has 0 saturated heterocycles. The highest BCUT2D eigenvalue weighted by molar-refractivity contribution is 7.98. The van der Waals surface area contributed by atoms with Gasteiger partial charge in [0, 0.05) is 16.0 Å². The van der Waals surface area contributed by atoms with Crippen molar-refractivity contribution in [3.63, 3.8) is 0 Å². The fourth-order valence-electron chi connectivity index (χ4n) is 1.02. The highest BCUT2D eigenvalue weighted by atomic mass is 32.2. The molecule has 0 atom stereocenters. The molecule has 0 aliphatic rings. The van der Waals surface area contributed by atoms with E-state index >= 15 is 0 Å². The molecule has 0 saturated carbocycles. The van der Waals surface area contributed by atoms with Crippen LogP contribution in [0.3, 0.4) is 0 Å². The Kier molecular flexibility index (Phi) is 3.80. The molecule has 15 heavy (non-hydrogen) atoms. The normalized spacial score (nSPS) is 11.2. The van der Waals surface area contributed by atoms with E-state index in [1.54, 1.807) is 11.8 Å². The molecule has 0 radical (unpaired) electrons. The largest absolute Gasteiger partial charge is 0.326 e. The van der Waals surface area contributed by atoms with Crippen molar-refractivity contribution in [2.24, 2.45) is 5.41 Å². The minimum absolute atomic E-state index is 0.0424. The first-order valence-corrected chi connectivity index (χ1v) is 6.11. The van der Waals surface area contributed by atoms with Crippen molar-refractivity contribution in [3.05, 3.63) is 24.3 Å². The number of thioether (sulfide) groups is 1. The lowest BCUT2D eigenvalue weighted by molar-refractivity contribution is -0.123. The summed E-state index contributed by atoms with van der Waals surface area (Å²) in [6, 6.07) is 7.86. The van der Waals surface area contributed by atoms with E-state index in [1.807, 2.05) is 51.3 Å². The summed E-state index contributed by atoms with van der Waals surface area (Å²) in [5.74, 6) is 0.0424. The van der Waals surface area contributed by atoms with Gasteiger partial charge in [0.25, 0.3) is 0 Å². The predicted molar refractivity (Wildman–Crippen MR) is 66.3 cm³/mol. The number of carbonyl (C=O) groups is 1. The van der Waals surface area contributed by atoms with Gasteiger partial charge in [-0.25, -0.2) is 0 Å². The van der Waals surface area contributed by atoms with E-state index in [-0.39, 0.29) is 11.3 Å². The van der Waals surface area contributed by atoms with Gasteiger partial charge >= 0.3 is 0 Å². The Morgan fingerprint density at radius 3 is 2.53 bits per heavy atom. The molecule has 0 heterocycles. The second kappa shape index (κ2) is 4.71. The van der Waals surface area contributed by atoms with Crippen molar-refractivity contribution in [1.29, 1.82) is 0 Å². The van der Waals surface area contributed by atoms with E-state index < -0.39 is 0 Å². The first kappa shape index (κ1) is 12.1. The second-order valence-corrected chi connectivity index (χ2v) is 5.32. The molecule has 1 rings (SSSR count). The van der Waals surface area contributed by atoms with Crippen LogP contribution in [0, 0.1) is 5.41 Å². The summed E-state index contributed by atoms with van der Waals surface area (Å²) in [5.41, 5.74) is 0.511.